The number of para-hydroxylation sites is 1. The van der Waals surface area contributed by atoms with E-state index in [-0.39, 0.29) is 17.9 Å². The summed E-state index contributed by atoms with van der Waals surface area (Å²) in [5, 5.41) is 19.4. The minimum Gasteiger partial charge on any atom is -0.481 e. The Kier molecular flexibility index (Phi) is 6.44. The molecule has 0 radical (unpaired) electrons. The molecule has 0 saturated carbocycles. The van der Waals surface area contributed by atoms with Gasteiger partial charge >= 0.3 is 5.97 Å². The number of carboxylic acids is 1. The van der Waals surface area contributed by atoms with Crippen molar-refractivity contribution >= 4 is 21.7 Å². The molecule has 1 aromatic carbocycles. The maximum atomic E-state index is 12.4. The third kappa shape index (κ3) is 4.78. The second kappa shape index (κ2) is 7.85. The summed E-state index contributed by atoms with van der Waals surface area (Å²) < 4.78 is 25.8. The average molecular weight is 330 g/mol. The van der Waals surface area contributed by atoms with Gasteiger partial charge in [-0.05, 0) is 18.9 Å². The number of sulfonamides is 1. The Bertz CT molecular complexity index is 644. The number of hydrogen-bond donors (Lipinski definition) is 1. The number of rotatable bonds is 9. The van der Waals surface area contributed by atoms with E-state index in [2.05, 4.69) is 0 Å². The number of aliphatic carboxylic acids is 1. The molecule has 1 rings (SSSR count). The van der Waals surface area contributed by atoms with Crippen LogP contribution in [0.25, 0.3) is 0 Å². The van der Waals surface area contributed by atoms with Gasteiger partial charge in [0.25, 0.3) is 5.69 Å². The van der Waals surface area contributed by atoms with Crippen molar-refractivity contribution in [1.82, 2.24) is 4.31 Å². The predicted molar refractivity (Wildman–Crippen MR) is 79.0 cm³/mol. The zero-order chi connectivity index (χ0) is 16.8. The minimum absolute atomic E-state index is 0.0423. The molecule has 8 nitrogen and oxygen atoms in total. The third-order valence-electron chi connectivity index (χ3n) is 3.11. The summed E-state index contributed by atoms with van der Waals surface area (Å²) in [5.74, 6) is -0.888. The van der Waals surface area contributed by atoms with Crippen LogP contribution >= 0.6 is 0 Å². The number of nitro groups is 1. The molecule has 0 unspecified atom stereocenters. The highest BCUT2D eigenvalue weighted by atomic mass is 32.2. The Morgan fingerprint density at radius 3 is 2.50 bits per heavy atom. The Hall–Kier alpha value is -2.00. The first-order chi connectivity index (χ1) is 10.3. The van der Waals surface area contributed by atoms with Gasteiger partial charge in [-0.2, -0.15) is 0 Å². The first-order valence-electron chi connectivity index (χ1n) is 6.68. The molecule has 0 saturated heterocycles. The summed E-state index contributed by atoms with van der Waals surface area (Å²) in [6.45, 7) is 0.175. The van der Waals surface area contributed by atoms with Gasteiger partial charge in [-0.15, -0.1) is 0 Å². The van der Waals surface area contributed by atoms with E-state index in [1.54, 1.807) is 0 Å². The molecule has 0 fully saturated rings. The molecule has 0 aromatic heterocycles. The summed E-state index contributed by atoms with van der Waals surface area (Å²) in [6, 6.07) is 5.19. The van der Waals surface area contributed by atoms with E-state index >= 15 is 0 Å². The van der Waals surface area contributed by atoms with Crippen molar-refractivity contribution in [2.45, 2.75) is 30.6 Å². The maximum absolute atomic E-state index is 12.4. The topological polar surface area (TPSA) is 118 Å². The normalized spacial score (nSPS) is 11.5. The van der Waals surface area contributed by atoms with Crippen LogP contribution < -0.4 is 0 Å². The number of carboxylic acid groups (broad SMARTS) is 1. The van der Waals surface area contributed by atoms with Crippen LogP contribution in [-0.4, -0.2) is 42.3 Å². The molecule has 0 atom stereocenters. The Morgan fingerprint density at radius 2 is 1.91 bits per heavy atom. The molecular formula is C13H18N2O6S. The predicted octanol–water partition coefficient (Wildman–Crippen LogP) is 1.86. The summed E-state index contributed by atoms with van der Waals surface area (Å²) in [7, 11) is -2.59. The molecular weight excluding hydrogens is 312 g/mol. The number of carbonyl (C=O) groups is 1. The Morgan fingerprint density at radius 1 is 1.27 bits per heavy atom. The van der Waals surface area contributed by atoms with E-state index in [0.29, 0.717) is 19.3 Å². The first kappa shape index (κ1) is 18.1. The summed E-state index contributed by atoms with van der Waals surface area (Å²) in [6.07, 6.45) is 1.57. The summed E-state index contributed by atoms with van der Waals surface area (Å²) in [5.41, 5.74) is -0.458. The largest absolute Gasteiger partial charge is 0.481 e. The number of benzene rings is 1. The van der Waals surface area contributed by atoms with Gasteiger partial charge in [0.15, 0.2) is 4.90 Å². The highest BCUT2D eigenvalue weighted by molar-refractivity contribution is 7.89. The molecule has 0 bridgehead atoms. The highest BCUT2D eigenvalue weighted by Crippen LogP contribution is 2.25. The van der Waals surface area contributed by atoms with E-state index in [1.807, 2.05) is 0 Å². The van der Waals surface area contributed by atoms with Crippen LogP contribution in [-0.2, 0) is 14.8 Å². The van der Waals surface area contributed by atoms with E-state index in [9.17, 15) is 23.3 Å². The molecule has 1 N–H and O–H groups in total. The number of nitrogens with zero attached hydrogens (tertiary/aromatic N) is 2. The monoisotopic (exact) mass is 330 g/mol. The number of hydrogen-bond acceptors (Lipinski definition) is 5. The zero-order valence-electron chi connectivity index (χ0n) is 12.1. The minimum atomic E-state index is -3.94. The van der Waals surface area contributed by atoms with Gasteiger partial charge in [0, 0.05) is 26.1 Å². The van der Waals surface area contributed by atoms with Gasteiger partial charge in [-0.1, -0.05) is 18.6 Å². The third-order valence-corrected chi connectivity index (χ3v) is 5.02. The highest BCUT2D eigenvalue weighted by Gasteiger charge is 2.28. The number of nitro benzene ring substituents is 1. The molecule has 22 heavy (non-hydrogen) atoms. The Labute approximate surface area is 128 Å². The molecule has 1 aromatic rings. The first-order valence-corrected chi connectivity index (χ1v) is 8.12. The average Bonchev–Trinajstić information content (AvgIpc) is 2.46. The summed E-state index contributed by atoms with van der Waals surface area (Å²) >= 11 is 0. The van der Waals surface area contributed by atoms with Crippen molar-refractivity contribution in [2.75, 3.05) is 13.6 Å². The fraction of sp³-hybridized carbons (Fsp3) is 0.462. The Balaban J connectivity index is 2.74. The van der Waals surface area contributed by atoms with Crippen LogP contribution in [0.2, 0.25) is 0 Å². The van der Waals surface area contributed by atoms with Crippen LogP contribution in [0.3, 0.4) is 0 Å². The lowest BCUT2D eigenvalue weighted by molar-refractivity contribution is -0.387. The van der Waals surface area contributed by atoms with Crippen molar-refractivity contribution in [3.63, 3.8) is 0 Å². The van der Waals surface area contributed by atoms with E-state index in [1.165, 1.54) is 25.2 Å². The van der Waals surface area contributed by atoms with Gasteiger partial charge in [0.2, 0.25) is 10.0 Å². The lowest BCUT2D eigenvalue weighted by atomic mass is 10.2. The quantitative estimate of drug-likeness (QED) is 0.419. The van der Waals surface area contributed by atoms with Gasteiger partial charge in [-0.25, -0.2) is 12.7 Å². The zero-order valence-corrected chi connectivity index (χ0v) is 13.0. The van der Waals surface area contributed by atoms with Crippen molar-refractivity contribution in [3.8, 4) is 0 Å². The van der Waals surface area contributed by atoms with Crippen molar-refractivity contribution in [2.24, 2.45) is 0 Å². The molecule has 0 aliphatic heterocycles. The molecule has 122 valence electrons. The van der Waals surface area contributed by atoms with Gasteiger partial charge in [-0.3, -0.25) is 14.9 Å². The second-order valence-electron chi connectivity index (χ2n) is 4.76. The van der Waals surface area contributed by atoms with E-state index in [0.717, 1.165) is 10.4 Å². The number of unbranched alkanes of at least 4 members (excludes halogenated alkanes) is 2. The van der Waals surface area contributed by atoms with Crippen molar-refractivity contribution < 1.29 is 23.2 Å². The molecule has 0 amide bonds. The standard InChI is InChI=1S/C13H18N2O6S/c1-14(10-6-2-3-9-13(16)17)22(20,21)12-8-5-4-7-11(12)15(18)19/h4-5,7-8H,2-3,6,9-10H2,1H3,(H,16,17). The molecule has 0 heterocycles. The fourth-order valence-electron chi connectivity index (χ4n) is 1.90. The van der Waals surface area contributed by atoms with Crippen LogP contribution in [0.1, 0.15) is 25.7 Å². The van der Waals surface area contributed by atoms with Gasteiger partial charge < -0.3 is 5.11 Å². The molecule has 9 heteroatoms. The van der Waals surface area contributed by atoms with Crippen molar-refractivity contribution in [3.05, 3.63) is 34.4 Å². The maximum Gasteiger partial charge on any atom is 0.303 e. The van der Waals surface area contributed by atoms with Crippen molar-refractivity contribution in [1.29, 1.82) is 0 Å². The molecule has 0 aliphatic carbocycles. The fourth-order valence-corrected chi connectivity index (χ4v) is 3.26. The lowest BCUT2D eigenvalue weighted by Gasteiger charge is -2.16. The van der Waals surface area contributed by atoms with Crippen LogP contribution in [0.15, 0.2) is 29.2 Å². The lowest BCUT2D eigenvalue weighted by Crippen LogP contribution is -2.28. The summed E-state index contributed by atoms with van der Waals surface area (Å²) in [4.78, 5) is 20.2. The van der Waals surface area contributed by atoms with Crippen LogP contribution in [0, 0.1) is 10.1 Å². The SMILES string of the molecule is CN(CCCCCC(=O)O)S(=O)(=O)c1ccccc1[N+](=O)[O-]. The van der Waals surface area contributed by atoms with E-state index in [4.69, 9.17) is 5.11 Å². The smallest absolute Gasteiger partial charge is 0.303 e. The second-order valence-corrected chi connectivity index (χ2v) is 6.77. The van der Waals surface area contributed by atoms with Crippen LogP contribution in [0.5, 0.6) is 0 Å². The van der Waals surface area contributed by atoms with Gasteiger partial charge in [0.1, 0.15) is 0 Å². The van der Waals surface area contributed by atoms with E-state index < -0.39 is 26.6 Å². The molecule has 0 aliphatic rings. The van der Waals surface area contributed by atoms with Gasteiger partial charge in [0.05, 0.1) is 4.92 Å². The molecule has 0 spiro atoms. The van der Waals surface area contributed by atoms with Crippen LogP contribution in [0.4, 0.5) is 5.69 Å².